The van der Waals surface area contributed by atoms with Gasteiger partial charge in [-0.15, -0.1) is 11.3 Å². The molecule has 0 bridgehead atoms. The number of piperidine rings is 1. The molecule has 0 unspecified atom stereocenters. The van der Waals surface area contributed by atoms with Gasteiger partial charge in [0.1, 0.15) is 0 Å². The van der Waals surface area contributed by atoms with Gasteiger partial charge < -0.3 is 10.6 Å². The molecular formula is C15H23N3S. The van der Waals surface area contributed by atoms with Crippen LogP contribution in [0.1, 0.15) is 23.3 Å². The predicted molar refractivity (Wildman–Crippen MR) is 82.2 cm³/mol. The normalized spacial score (nSPS) is 17.5. The van der Waals surface area contributed by atoms with Crippen LogP contribution in [0.2, 0.25) is 0 Å². The van der Waals surface area contributed by atoms with E-state index in [0.29, 0.717) is 12.6 Å². The number of likely N-dealkylation sites (tertiary alicyclic amines) is 1. The Morgan fingerprint density at radius 1 is 1.47 bits per heavy atom. The molecule has 0 amide bonds. The zero-order valence-electron chi connectivity index (χ0n) is 11.9. The number of rotatable bonds is 3. The molecule has 1 aromatic rings. The lowest BCUT2D eigenvalue weighted by Gasteiger charge is -2.35. The maximum Gasteiger partial charge on any atom is 0.0555 e. The second-order valence-corrected chi connectivity index (χ2v) is 6.21. The fourth-order valence-electron chi connectivity index (χ4n) is 2.51. The first-order valence-corrected chi connectivity index (χ1v) is 7.72. The molecule has 0 atom stereocenters. The molecule has 2 N–H and O–H groups in total. The third kappa shape index (κ3) is 4.05. The third-order valence-electron chi connectivity index (χ3n) is 3.77. The summed E-state index contributed by atoms with van der Waals surface area (Å²) in [7, 11) is 4.44. The molecule has 1 fully saturated rings. The monoisotopic (exact) mass is 277 g/mol. The summed E-state index contributed by atoms with van der Waals surface area (Å²) in [6, 6.07) is 2.80. The maximum absolute atomic E-state index is 5.44. The Balaban J connectivity index is 1.95. The van der Waals surface area contributed by atoms with Gasteiger partial charge in [-0.3, -0.25) is 4.90 Å². The van der Waals surface area contributed by atoms with Crippen LogP contribution in [-0.2, 0) is 6.54 Å². The summed E-state index contributed by atoms with van der Waals surface area (Å²) in [4.78, 5) is 6.25. The standard InChI is InChI=1S/C15H23N3S/c1-17-9-5-14(6-10-17)18(2)12-15-13(4-3-8-16)7-11-19-15/h7,11,14H,5-6,8-10,12,16H2,1-2H3. The molecule has 0 spiro atoms. The van der Waals surface area contributed by atoms with Crippen molar-refractivity contribution in [2.75, 3.05) is 33.7 Å². The highest BCUT2D eigenvalue weighted by molar-refractivity contribution is 7.10. The van der Waals surface area contributed by atoms with Crippen LogP contribution in [0.5, 0.6) is 0 Å². The summed E-state index contributed by atoms with van der Waals surface area (Å²) in [5.74, 6) is 6.12. The van der Waals surface area contributed by atoms with Crippen LogP contribution in [-0.4, -0.2) is 49.6 Å². The topological polar surface area (TPSA) is 32.5 Å². The van der Waals surface area contributed by atoms with E-state index in [1.165, 1.54) is 30.8 Å². The molecule has 0 aliphatic carbocycles. The predicted octanol–water partition coefficient (Wildman–Crippen LogP) is 1.58. The Bertz CT molecular complexity index is 449. The average molecular weight is 277 g/mol. The molecule has 1 aliphatic heterocycles. The van der Waals surface area contributed by atoms with Crippen molar-refractivity contribution in [2.24, 2.45) is 5.73 Å². The molecule has 4 heteroatoms. The molecule has 0 saturated carbocycles. The Labute approximate surface area is 120 Å². The maximum atomic E-state index is 5.44. The highest BCUT2D eigenvalue weighted by Gasteiger charge is 2.21. The molecule has 2 rings (SSSR count). The van der Waals surface area contributed by atoms with E-state index in [1.807, 2.05) is 0 Å². The van der Waals surface area contributed by atoms with Crippen molar-refractivity contribution in [1.29, 1.82) is 0 Å². The lowest BCUT2D eigenvalue weighted by Crippen LogP contribution is -2.41. The van der Waals surface area contributed by atoms with E-state index < -0.39 is 0 Å². The van der Waals surface area contributed by atoms with Crippen LogP contribution >= 0.6 is 11.3 Å². The van der Waals surface area contributed by atoms with Crippen LogP contribution in [0.15, 0.2) is 11.4 Å². The minimum atomic E-state index is 0.431. The van der Waals surface area contributed by atoms with Gasteiger partial charge in [0.15, 0.2) is 0 Å². The minimum absolute atomic E-state index is 0.431. The van der Waals surface area contributed by atoms with E-state index in [-0.39, 0.29) is 0 Å². The Morgan fingerprint density at radius 3 is 2.89 bits per heavy atom. The lowest BCUT2D eigenvalue weighted by atomic mass is 10.0. The van der Waals surface area contributed by atoms with Crippen LogP contribution in [0.25, 0.3) is 0 Å². The SMILES string of the molecule is CN1CCC(N(C)Cc2sccc2C#CCN)CC1. The molecule has 0 radical (unpaired) electrons. The summed E-state index contributed by atoms with van der Waals surface area (Å²) < 4.78 is 0. The zero-order chi connectivity index (χ0) is 13.7. The van der Waals surface area contributed by atoms with Crippen LogP contribution < -0.4 is 5.73 Å². The van der Waals surface area contributed by atoms with Crippen molar-refractivity contribution < 1.29 is 0 Å². The van der Waals surface area contributed by atoms with Crippen molar-refractivity contribution in [1.82, 2.24) is 9.80 Å². The summed E-state index contributed by atoms with van der Waals surface area (Å²) in [5, 5.41) is 2.12. The van der Waals surface area contributed by atoms with Gasteiger partial charge in [0, 0.05) is 23.0 Å². The van der Waals surface area contributed by atoms with Crippen molar-refractivity contribution in [3.63, 3.8) is 0 Å². The Morgan fingerprint density at radius 2 is 2.21 bits per heavy atom. The van der Waals surface area contributed by atoms with Crippen molar-refractivity contribution in [2.45, 2.75) is 25.4 Å². The first kappa shape index (κ1) is 14.5. The van der Waals surface area contributed by atoms with Gasteiger partial charge in [-0.25, -0.2) is 0 Å². The van der Waals surface area contributed by atoms with E-state index in [4.69, 9.17) is 5.73 Å². The van der Waals surface area contributed by atoms with Crippen molar-refractivity contribution >= 4 is 11.3 Å². The lowest BCUT2D eigenvalue weighted by molar-refractivity contribution is 0.140. The molecule has 1 aliphatic rings. The van der Waals surface area contributed by atoms with Gasteiger partial charge in [-0.05, 0) is 51.5 Å². The van der Waals surface area contributed by atoms with Crippen molar-refractivity contribution in [3.05, 3.63) is 21.9 Å². The first-order chi connectivity index (χ1) is 9.20. The minimum Gasteiger partial charge on any atom is -0.320 e. The molecule has 1 saturated heterocycles. The Kier molecular flexibility index (Phi) is 5.41. The van der Waals surface area contributed by atoms with Gasteiger partial charge >= 0.3 is 0 Å². The summed E-state index contributed by atoms with van der Waals surface area (Å²) >= 11 is 1.80. The highest BCUT2D eigenvalue weighted by atomic mass is 32.1. The fraction of sp³-hybridized carbons (Fsp3) is 0.600. The molecule has 1 aromatic heterocycles. The summed E-state index contributed by atoms with van der Waals surface area (Å²) in [5.41, 5.74) is 6.59. The molecule has 3 nitrogen and oxygen atoms in total. The largest absolute Gasteiger partial charge is 0.320 e. The number of nitrogens with two attached hydrogens (primary N) is 1. The quantitative estimate of drug-likeness (QED) is 0.852. The summed E-state index contributed by atoms with van der Waals surface area (Å²) in [6.07, 6.45) is 2.53. The van der Waals surface area contributed by atoms with Crippen LogP contribution in [0, 0.1) is 11.8 Å². The molecule has 104 valence electrons. The molecular weight excluding hydrogens is 254 g/mol. The molecule has 0 aromatic carbocycles. The summed E-state index contributed by atoms with van der Waals surface area (Å²) in [6.45, 7) is 3.85. The second kappa shape index (κ2) is 7.06. The average Bonchev–Trinajstić information content (AvgIpc) is 2.84. The number of thiophene rings is 1. The third-order valence-corrected chi connectivity index (χ3v) is 4.68. The van der Waals surface area contributed by atoms with Gasteiger partial charge in [-0.2, -0.15) is 0 Å². The zero-order valence-corrected chi connectivity index (χ0v) is 12.7. The van der Waals surface area contributed by atoms with Gasteiger partial charge in [0.25, 0.3) is 0 Å². The van der Waals surface area contributed by atoms with Gasteiger partial charge in [-0.1, -0.05) is 11.8 Å². The smallest absolute Gasteiger partial charge is 0.0555 e. The van der Waals surface area contributed by atoms with E-state index in [1.54, 1.807) is 11.3 Å². The van der Waals surface area contributed by atoms with Crippen molar-refractivity contribution in [3.8, 4) is 11.8 Å². The Hall–Kier alpha value is -0.860. The van der Waals surface area contributed by atoms with E-state index in [9.17, 15) is 0 Å². The number of nitrogens with zero attached hydrogens (tertiary/aromatic N) is 2. The molecule has 19 heavy (non-hydrogen) atoms. The fourth-order valence-corrected chi connectivity index (χ4v) is 3.40. The first-order valence-electron chi connectivity index (χ1n) is 6.84. The number of hydrogen-bond donors (Lipinski definition) is 1. The van der Waals surface area contributed by atoms with E-state index in [0.717, 1.165) is 12.1 Å². The van der Waals surface area contributed by atoms with Crippen LogP contribution in [0.4, 0.5) is 0 Å². The van der Waals surface area contributed by atoms with Gasteiger partial charge in [0.05, 0.1) is 6.54 Å². The molecule has 2 heterocycles. The second-order valence-electron chi connectivity index (χ2n) is 5.21. The highest BCUT2D eigenvalue weighted by Crippen LogP contribution is 2.21. The van der Waals surface area contributed by atoms with Gasteiger partial charge in [0.2, 0.25) is 0 Å². The van der Waals surface area contributed by atoms with Crippen LogP contribution in [0.3, 0.4) is 0 Å². The van der Waals surface area contributed by atoms with E-state index >= 15 is 0 Å². The number of hydrogen-bond acceptors (Lipinski definition) is 4. The van der Waals surface area contributed by atoms with E-state index in [2.05, 4.69) is 47.2 Å².